The van der Waals surface area contributed by atoms with Crippen molar-refractivity contribution in [2.75, 3.05) is 37.4 Å². The molecule has 0 saturated carbocycles. The maximum atomic E-state index is 11.2. The zero-order chi connectivity index (χ0) is 13.0. The number of carbonyl (C=O) groups is 1. The molecular weight excluding hydrogens is 236 g/mol. The van der Waals surface area contributed by atoms with Crippen LogP contribution in [-0.2, 0) is 14.3 Å². The van der Waals surface area contributed by atoms with E-state index >= 15 is 0 Å². The minimum absolute atomic E-state index is 0.198. The van der Waals surface area contributed by atoms with Gasteiger partial charge in [0.15, 0.2) is 0 Å². The fraction of sp³-hybridized carbons (Fsp3) is 0.545. The predicted octanol–water partition coefficient (Wildman–Crippen LogP) is -0.173. The fourth-order valence-electron chi connectivity index (χ4n) is 1.81. The van der Waals surface area contributed by atoms with E-state index in [1.54, 1.807) is 12.3 Å². The van der Waals surface area contributed by atoms with Crippen molar-refractivity contribution in [2.45, 2.75) is 12.5 Å². The third kappa shape index (κ3) is 3.07. The molecule has 1 aliphatic rings. The number of hydrogen-bond donors (Lipinski definition) is 1. The van der Waals surface area contributed by atoms with Crippen LogP contribution in [0.5, 0.6) is 0 Å². The molecule has 2 heterocycles. The van der Waals surface area contributed by atoms with Crippen molar-refractivity contribution in [3.05, 3.63) is 12.3 Å². The van der Waals surface area contributed by atoms with Gasteiger partial charge < -0.3 is 20.1 Å². The predicted molar refractivity (Wildman–Crippen MR) is 65.0 cm³/mol. The molecule has 1 atom stereocenters. The molecule has 0 bridgehead atoms. The van der Waals surface area contributed by atoms with Gasteiger partial charge in [-0.1, -0.05) is 0 Å². The molecule has 0 aromatic carbocycles. The molecule has 7 heteroatoms. The second kappa shape index (κ2) is 5.63. The average molecular weight is 252 g/mol. The normalized spacial score (nSPS) is 19.6. The number of esters is 1. The van der Waals surface area contributed by atoms with E-state index in [-0.39, 0.29) is 18.5 Å². The SMILES string of the molecule is COC(=O)CC1CN(c2nccc(N)n2)CCO1. The van der Waals surface area contributed by atoms with Gasteiger partial charge >= 0.3 is 5.97 Å². The molecule has 0 radical (unpaired) electrons. The number of carbonyl (C=O) groups excluding carboxylic acids is 1. The summed E-state index contributed by atoms with van der Waals surface area (Å²) in [6.45, 7) is 1.76. The minimum Gasteiger partial charge on any atom is -0.469 e. The van der Waals surface area contributed by atoms with Crippen LogP contribution < -0.4 is 10.6 Å². The molecule has 0 aliphatic carbocycles. The number of morpholine rings is 1. The Morgan fingerprint density at radius 1 is 1.72 bits per heavy atom. The Balaban J connectivity index is 2.00. The van der Waals surface area contributed by atoms with Crippen molar-refractivity contribution in [2.24, 2.45) is 0 Å². The van der Waals surface area contributed by atoms with Gasteiger partial charge in [0.25, 0.3) is 0 Å². The summed E-state index contributed by atoms with van der Waals surface area (Å²) in [4.78, 5) is 21.5. The maximum absolute atomic E-state index is 11.2. The quantitative estimate of drug-likeness (QED) is 0.746. The summed E-state index contributed by atoms with van der Waals surface area (Å²) < 4.78 is 10.1. The topological polar surface area (TPSA) is 90.6 Å². The van der Waals surface area contributed by atoms with Crippen molar-refractivity contribution in [3.8, 4) is 0 Å². The molecule has 1 saturated heterocycles. The van der Waals surface area contributed by atoms with Gasteiger partial charge in [0.1, 0.15) is 5.82 Å². The van der Waals surface area contributed by atoms with Crippen LogP contribution in [0.25, 0.3) is 0 Å². The Bertz CT molecular complexity index is 427. The van der Waals surface area contributed by atoms with Gasteiger partial charge in [-0.25, -0.2) is 4.98 Å². The highest BCUT2D eigenvalue weighted by atomic mass is 16.5. The monoisotopic (exact) mass is 252 g/mol. The standard InChI is InChI=1S/C11H16N4O3/c1-17-10(16)6-8-7-15(4-5-18-8)11-13-3-2-9(12)14-11/h2-3,8H,4-7H2,1H3,(H2,12,13,14). The van der Waals surface area contributed by atoms with Crippen molar-refractivity contribution in [3.63, 3.8) is 0 Å². The van der Waals surface area contributed by atoms with Gasteiger partial charge in [-0.2, -0.15) is 4.98 Å². The number of hydrogen-bond acceptors (Lipinski definition) is 7. The van der Waals surface area contributed by atoms with E-state index in [9.17, 15) is 4.79 Å². The van der Waals surface area contributed by atoms with Crippen LogP contribution in [0.3, 0.4) is 0 Å². The maximum Gasteiger partial charge on any atom is 0.308 e. The molecular formula is C11H16N4O3. The molecule has 1 aromatic heterocycles. The van der Waals surface area contributed by atoms with Crippen molar-refractivity contribution < 1.29 is 14.3 Å². The van der Waals surface area contributed by atoms with Crippen molar-refractivity contribution in [1.29, 1.82) is 0 Å². The Hall–Kier alpha value is -1.89. The smallest absolute Gasteiger partial charge is 0.308 e. The number of nitrogens with two attached hydrogens (primary N) is 1. The van der Waals surface area contributed by atoms with E-state index in [0.29, 0.717) is 31.5 Å². The number of aromatic nitrogens is 2. The lowest BCUT2D eigenvalue weighted by atomic mass is 10.2. The van der Waals surface area contributed by atoms with Gasteiger partial charge in [0.05, 0.1) is 26.2 Å². The summed E-state index contributed by atoms with van der Waals surface area (Å²) in [5.74, 6) is 0.708. The van der Waals surface area contributed by atoms with E-state index < -0.39 is 0 Å². The van der Waals surface area contributed by atoms with Crippen LogP contribution in [0.15, 0.2) is 12.3 Å². The summed E-state index contributed by atoms with van der Waals surface area (Å²) in [5.41, 5.74) is 5.62. The van der Waals surface area contributed by atoms with Crippen LogP contribution in [0.1, 0.15) is 6.42 Å². The number of anilines is 2. The highest BCUT2D eigenvalue weighted by Crippen LogP contribution is 2.15. The molecule has 98 valence electrons. The lowest BCUT2D eigenvalue weighted by molar-refractivity contribution is -0.144. The third-order valence-corrected chi connectivity index (χ3v) is 2.71. The lowest BCUT2D eigenvalue weighted by Gasteiger charge is -2.32. The van der Waals surface area contributed by atoms with Gasteiger partial charge in [0, 0.05) is 19.3 Å². The molecule has 0 amide bonds. The van der Waals surface area contributed by atoms with Gasteiger partial charge in [-0.3, -0.25) is 4.79 Å². The van der Waals surface area contributed by atoms with Crippen LogP contribution in [0, 0.1) is 0 Å². The number of rotatable bonds is 3. The molecule has 7 nitrogen and oxygen atoms in total. The second-order valence-electron chi connectivity index (χ2n) is 4.00. The Morgan fingerprint density at radius 2 is 2.56 bits per heavy atom. The molecule has 1 aromatic rings. The van der Waals surface area contributed by atoms with Crippen LogP contribution in [0.4, 0.5) is 11.8 Å². The first kappa shape index (κ1) is 12.6. The number of nitrogens with zero attached hydrogens (tertiary/aromatic N) is 3. The Morgan fingerprint density at radius 3 is 3.28 bits per heavy atom. The highest BCUT2D eigenvalue weighted by molar-refractivity contribution is 5.69. The molecule has 18 heavy (non-hydrogen) atoms. The first-order valence-corrected chi connectivity index (χ1v) is 5.71. The number of nitrogen functional groups attached to an aromatic ring is 1. The van der Waals surface area contributed by atoms with Crippen LogP contribution in [-0.4, -0.2) is 48.8 Å². The largest absolute Gasteiger partial charge is 0.469 e. The molecule has 1 unspecified atom stereocenters. The van der Waals surface area contributed by atoms with Gasteiger partial charge in [-0.15, -0.1) is 0 Å². The molecule has 1 aliphatic heterocycles. The minimum atomic E-state index is -0.282. The summed E-state index contributed by atoms with van der Waals surface area (Å²) in [7, 11) is 1.37. The van der Waals surface area contributed by atoms with Gasteiger partial charge in [-0.05, 0) is 6.07 Å². The average Bonchev–Trinajstić information content (AvgIpc) is 2.39. The summed E-state index contributed by atoms with van der Waals surface area (Å²) >= 11 is 0. The van der Waals surface area contributed by atoms with Crippen molar-refractivity contribution in [1.82, 2.24) is 9.97 Å². The molecule has 2 rings (SSSR count). The Labute approximate surface area is 105 Å². The third-order valence-electron chi connectivity index (χ3n) is 2.71. The van der Waals surface area contributed by atoms with E-state index in [0.717, 1.165) is 0 Å². The molecule has 2 N–H and O–H groups in total. The van der Waals surface area contributed by atoms with E-state index in [1.807, 2.05) is 4.90 Å². The number of ether oxygens (including phenoxy) is 2. The van der Waals surface area contributed by atoms with Gasteiger partial charge in [0.2, 0.25) is 5.95 Å². The lowest BCUT2D eigenvalue weighted by Crippen LogP contribution is -2.44. The molecule has 0 spiro atoms. The number of methoxy groups -OCH3 is 1. The fourth-order valence-corrected chi connectivity index (χ4v) is 1.81. The van der Waals surface area contributed by atoms with E-state index in [4.69, 9.17) is 10.5 Å². The van der Waals surface area contributed by atoms with Crippen molar-refractivity contribution >= 4 is 17.7 Å². The summed E-state index contributed by atoms with van der Waals surface area (Å²) in [6.07, 6.45) is 1.65. The molecule has 1 fully saturated rings. The van der Waals surface area contributed by atoms with E-state index in [1.165, 1.54) is 7.11 Å². The zero-order valence-corrected chi connectivity index (χ0v) is 10.2. The Kier molecular flexibility index (Phi) is 3.93. The van der Waals surface area contributed by atoms with E-state index in [2.05, 4.69) is 14.7 Å². The second-order valence-corrected chi connectivity index (χ2v) is 4.00. The van der Waals surface area contributed by atoms with Crippen LogP contribution >= 0.6 is 0 Å². The van der Waals surface area contributed by atoms with Crippen LogP contribution in [0.2, 0.25) is 0 Å². The highest BCUT2D eigenvalue weighted by Gasteiger charge is 2.24. The summed E-state index contributed by atoms with van der Waals surface area (Å²) in [5, 5.41) is 0. The zero-order valence-electron chi connectivity index (χ0n) is 10.2. The first-order valence-electron chi connectivity index (χ1n) is 5.71. The first-order chi connectivity index (χ1) is 8.69. The summed E-state index contributed by atoms with van der Waals surface area (Å²) in [6, 6.07) is 1.63.